The Bertz CT molecular complexity index is 2910. The molecule has 2 aromatic heterocycles. The van der Waals surface area contributed by atoms with Crippen LogP contribution in [0.3, 0.4) is 0 Å². The number of halogens is 3. The van der Waals surface area contributed by atoms with Crippen molar-refractivity contribution >= 4 is 43.6 Å². The summed E-state index contributed by atoms with van der Waals surface area (Å²) < 4.78 is 49.5. The summed E-state index contributed by atoms with van der Waals surface area (Å²) in [5.74, 6) is 0. The van der Waals surface area contributed by atoms with Gasteiger partial charge < -0.3 is 9.13 Å². The molecule has 4 nitrogen and oxygen atoms in total. The summed E-state index contributed by atoms with van der Waals surface area (Å²) in [5.41, 5.74) is 7.67. The summed E-state index contributed by atoms with van der Waals surface area (Å²) in [6.07, 6.45) is -4.77. The minimum Gasteiger partial charge on any atom is -0.308 e. The molecule has 314 valence electrons. The van der Waals surface area contributed by atoms with Gasteiger partial charge in [-0.15, -0.1) is 0 Å². The van der Waals surface area contributed by atoms with Gasteiger partial charge in [0.15, 0.2) is 0 Å². The summed E-state index contributed by atoms with van der Waals surface area (Å²) in [5, 5.41) is 25.2. The number of nitriles is 2. The third kappa shape index (κ3) is 7.12. The normalized spacial score (nSPS) is 13.0. The van der Waals surface area contributed by atoms with Gasteiger partial charge in [-0.25, -0.2) is 0 Å². The van der Waals surface area contributed by atoms with Gasteiger partial charge in [-0.3, -0.25) is 0 Å². The van der Waals surface area contributed by atoms with Crippen molar-refractivity contribution in [1.29, 1.82) is 10.5 Å². The summed E-state index contributed by atoms with van der Waals surface area (Å²) in [4.78, 5) is 0. The minimum absolute atomic E-state index is 0.0832. The highest BCUT2D eigenvalue weighted by atomic mass is 19.4. The average Bonchev–Trinajstić information content (AvgIpc) is 3.69. The minimum atomic E-state index is -4.77. The van der Waals surface area contributed by atoms with Crippen LogP contribution in [-0.2, 0) is 27.8 Å². The number of aromatic nitrogens is 2. The summed E-state index contributed by atoms with van der Waals surface area (Å²) in [6.45, 7) is 26.1. The molecule has 7 heteroatoms. The van der Waals surface area contributed by atoms with E-state index in [0.29, 0.717) is 16.9 Å². The molecule has 62 heavy (non-hydrogen) atoms. The standard InChI is InChI=1S/C55H53F3N4/c1-51(2,3)34-14-19-45-39(26-34)40-27-35(52(4,5)6)15-20-46(40)61(45)49-24-33(38-18-13-32(30-59)23-44(38)55(56,57)58)25-50(43(49)31-60)62-47-21-16-36(53(7,8)9)28-41(47)42-29-37(54(10,11)12)17-22-48(42)62/h13-29H,1-12H3. The van der Waals surface area contributed by atoms with Gasteiger partial charge in [0, 0.05) is 21.5 Å². The maximum Gasteiger partial charge on any atom is 0.417 e. The number of benzene rings is 6. The molecule has 0 N–H and O–H groups in total. The Morgan fingerprint density at radius 3 is 1.03 bits per heavy atom. The molecule has 0 saturated heterocycles. The summed E-state index contributed by atoms with van der Waals surface area (Å²) >= 11 is 0. The van der Waals surface area contributed by atoms with Gasteiger partial charge in [-0.2, -0.15) is 23.7 Å². The number of fused-ring (bicyclic) bond motifs is 6. The number of nitrogens with zero attached hydrogens (tertiary/aromatic N) is 4. The van der Waals surface area contributed by atoms with Crippen LogP contribution in [0, 0.1) is 22.7 Å². The first-order chi connectivity index (χ1) is 28.8. The van der Waals surface area contributed by atoms with E-state index in [1.165, 1.54) is 12.1 Å². The van der Waals surface area contributed by atoms with Crippen LogP contribution >= 0.6 is 0 Å². The van der Waals surface area contributed by atoms with Crippen molar-refractivity contribution in [3.8, 4) is 34.6 Å². The van der Waals surface area contributed by atoms with Crippen molar-refractivity contribution in [2.45, 2.75) is 111 Å². The zero-order valence-corrected chi connectivity index (χ0v) is 37.7. The van der Waals surface area contributed by atoms with E-state index >= 15 is 13.2 Å². The molecule has 2 heterocycles. The molecule has 0 aliphatic rings. The summed E-state index contributed by atoms with van der Waals surface area (Å²) in [6, 6.07) is 37.2. The molecule has 6 aromatic carbocycles. The second-order valence-corrected chi connectivity index (χ2v) is 21.0. The van der Waals surface area contributed by atoms with Crippen molar-refractivity contribution in [2.75, 3.05) is 0 Å². The Hall–Kier alpha value is -6.31. The van der Waals surface area contributed by atoms with Crippen LogP contribution in [0.15, 0.2) is 103 Å². The molecule has 0 aliphatic carbocycles. The highest BCUT2D eigenvalue weighted by molar-refractivity contribution is 6.12. The van der Waals surface area contributed by atoms with Crippen molar-refractivity contribution in [3.63, 3.8) is 0 Å². The molecule has 0 unspecified atom stereocenters. The Labute approximate surface area is 362 Å². The fourth-order valence-corrected chi connectivity index (χ4v) is 8.77. The van der Waals surface area contributed by atoms with E-state index in [4.69, 9.17) is 0 Å². The van der Waals surface area contributed by atoms with Crippen molar-refractivity contribution < 1.29 is 13.2 Å². The van der Waals surface area contributed by atoms with E-state index in [0.717, 1.165) is 71.9 Å². The van der Waals surface area contributed by atoms with Gasteiger partial charge in [-0.1, -0.05) is 113 Å². The molecule has 0 spiro atoms. The Morgan fingerprint density at radius 2 is 0.758 bits per heavy atom. The van der Waals surface area contributed by atoms with Crippen LogP contribution in [0.2, 0.25) is 0 Å². The average molecular weight is 827 g/mol. The zero-order valence-electron chi connectivity index (χ0n) is 37.7. The highest BCUT2D eigenvalue weighted by Gasteiger charge is 2.35. The zero-order chi connectivity index (χ0) is 45.1. The first kappa shape index (κ1) is 42.4. The SMILES string of the molecule is CC(C)(C)c1ccc2c(c1)c1cc(C(C)(C)C)ccc1n2-c1cc(-c2ccc(C#N)cc2C(F)(F)F)cc(-n2c3ccc(C(C)(C)C)cc3c3cc(C(C)(C)C)ccc32)c1C#N. The highest BCUT2D eigenvalue weighted by Crippen LogP contribution is 2.45. The third-order valence-electron chi connectivity index (χ3n) is 12.4. The fraction of sp³-hybridized carbons (Fsp3) is 0.309. The molecule has 0 amide bonds. The van der Waals surface area contributed by atoms with E-state index < -0.39 is 11.7 Å². The van der Waals surface area contributed by atoms with Crippen LogP contribution in [0.1, 0.15) is 122 Å². The Morgan fingerprint density at radius 1 is 0.419 bits per heavy atom. The van der Waals surface area contributed by atoms with Crippen molar-refractivity contribution in [3.05, 3.63) is 142 Å². The van der Waals surface area contributed by atoms with Gasteiger partial charge in [0.1, 0.15) is 11.6 Å². The van der Waals surface area contributed by atoms with Crippen molar-refractivity contribution in [1.82, 2.24) is 9.13 Å². The van der Waals surface area contributed by atoms with E-state index in [1.807, 2.05) is 6.07 Å². The second kappa shape index (κ2) is 14.1. The van der Waals surface area contributed by atoms with Crippen LogP contribution in [-0.4, -0.2) is 9.13 Å². The Balaban J connectivity index is 1.59. The lowest BCUT2D eigenvalue weighted by Crippen LogP contribution is -2.11. The molecule has 0 aliphatic heterocycles. The first-order valence-electron chi connectivity index (χ1n) is 21.2. The maximum atomic E-state index is 15.1. The fourth-order valence-electron chi connectivity index (χ4n) is 8.77. The first-order valence-corrected chi connectivity index (χ1v) is 21.2. The van der Waals surface area contributed by atoms with Crippen LogP contribution in [0.4, 0.5) is 13.2 Å². The van der Waals surface area contributed by atoms with Crippen LogP contribution < -0.4 is 0 Å². The van der Waals surface area contributed by atoms with Crippen LogP contribution in [0.25, 0.3) is 66.1 Å². The van der Waals surface area contributed by atoms with E-state index in [-0.39, 0.29) is 38.4 Å². The molecule has 8 aromatic rings. The molecular weight excluding hydrogens is 774 g/mol. The summed E-state index contributed by atoms with van der Waals surface area (Å²) in [7, 11) is 0. The topological polar surface area (TPSA) is 57.4 Å². The predicted molar refractivity (Wildman–Crippen MR) is 250 cm³/mol. The molecule has 0 saturated carbocycles. The monoisotopic (exact) mass is 826 g/mol. The molecule has 8 rings (SSSR count). The van der Waals surface area contributed by atoms with E-state index in [2.05, 4.69) is 171 Å². The van der Waals surface area contributed by atoms with Crippen molar-refractivity contribution in [2.24, 2.45) is 0 Å². The van der Waals surface area contributed by atoms with E-state index in [9.17, 15) is 10.5 Å². The maximum absolute atomic E-state index is 15.1. The van der Waals surface area contributed by atoms with Gasteiger partial charge in [0.05, 0.1) is 50.6 Å². The quantitative estimate of drug-likeness (QED) is 0.178. The molecule has 0 fully saturated rings. The van der Waals surface area contributed by atoms with Gasteiger partial charge in [0.25, 0.3) is 0 Å². The predicted octanol–water partition coefficient (Wildman–Crippen LogP) is 15.5. The lowest BCUT2D eigenvalue weighted by atomic mass is 9.85. The molecular formula is C55H53F3N4. The van der Waals surface area contributed by atoms with Crippen LogP contribution in [0.5, 0.6) is 0 Å². The largest absolute Gasteiger partial charge is 0.417 e. The number of rotatable bonds is 3. The Kier molecular flexibility index (Phi) is 9.65. The van der Waals surface area contributed by atoms with Gasteiger partial charge in [0.2, 0.25) is 0 Å². The number of hydrogen-bond donors (Lipinski definition) is 0. The third-order valence-corrected chi connectivity index (χ3v) is 12.4. The second-order valence-electron chi connectivity index (χ2n) is 21.0. The smallest absolute Gasteiger partial charge is 0.308 e. The molecule has 0 radical (unpaired) electrons. The number of alkyl halides is 3. The lowest BCUT2D eigenvalue weighted by molar-refractivity contribution is -0.137. The van der Waals surface area contributed by atoms with Gasteiger partial charge >= 0.3 is 6.18 Å². The van der Waals surface area contributed by atoms with E-state index in [1.54, 1.807) is 12.1 Å². The molecule has 0 bridgehead atoms. The van der Waals surface area contributed by atoms with Gasteiger partial charge in [-0.05, 0) is 128 Å². The number of hydrogen-bond acceptors (Lipinski definition) is 2. The lowest BCUT2D eigenvalue weighted by Gasteiger charge is -2.22. The molecule has 0 atom stereocenters.